The van der Waals surface area contributed by atoms with E-state index in [-0.39, 0.29) is 11.5 Å². The zero-order chi connectivity index (χ0) is 17.4. The number of benzene rings is 1. The Morgan fingerprint density at radius 3 is 2.83 bits per heavy atom. The van der Waals surface area contributed by atoms with Gasteiger partial charge in [-0.25, -0.2) is 4.99 Å². The van der Waals surface area contributed by atoms with E-state index in [9.17, 15) is 5.11 Å². The molecule has 5 heteroatoms. The van der Waals surface area contributed by atoms with Crippen molar-refractivity contribution in [1.82, 2.24) is 10.6 Å². The fourth-order valence-corrected chi connectivity index (χ4v) is 3.21. The molecule has 1 aliphatic carbocycles. The molecule has 24 heavy (non-hydrogen) atoms. The number of nitrogens with zero attached hydrogens (tertiary/aromatic N) is 1. The van der Waals surface area contributed by atoms with Crippen LogP contribution in [-0.2, 0) is 6.54 Å². The third-order valence-electron chi connectivity index (χ3n) is 4.88. The Morgan fingerprint density at radius 2 is 2.12 bits per heavy atom. The van der Waals surface area contributed by atoms with Gasteiger partial charge in [0.25, 0.3) is 0 Å². The van der Waals surface area contributed by atoms with Crippen molar-refractivity contribution >= 4 is 5.96 Å². The van der Waals surface area contributed by atoms with Gasteiger partial charge in [0.05, 0.1) is 19.8 Å². The van der Waals surface area contributed by atoms with Gasteiger partial charge < -0.3 is 20.5 Å². The smallest absolute Gasteiger partial charge is 0.191 e. The maximum absolute atomic E-state index is 10.3. The van der Waals surface area contributed by atoms with Crippen LogP contribution >= 0.6 is 0 Å². The number of hydrogen-bond donors (Lipinski definition) is 3. The summed E-state index contributed by atoms with van der Waals surface area (Å²) < 4.78 is 5.38. The van der Waals surface area contributed by atoms with Crippen LogP contribution in [-0.4, -0.2) is 37.4 Å². The third-order valence-corrected chi connectivity index (χ3v) is 4.88. The van der Waals surface area contributed by atoms with Gasteiger partial charge in [0.2, 0.25) is 0 Å². The normalized spacial score (nSPS) is 24.5. The van der Waals surface area contributed by atoms with E-state index in [1.807, 2.05) is 24.3 Å². The highest BCUT2D eigenvalue weighted by Gasteiger charge is 2.35. The lowest BCUT2D eigenvalue weighted by molar-refractivity contribution is 0.00397. The Bertz CT molecular complexity index is 547. The van der Waals surface area contributed by atoms with E-state index in [1.165, 1.54) is 6.42 Å². The van der Waals surface area contributed by atoms with Crippen LogP contribution in [0.2, 0.25) is 0 Å². The van der Waals surface area contributed by atoms with Crippen molar-refractivity contribution in [2.45, 2.75) is 52.2 Å². The SMILES string of the molecule is CCNC(=NCc1ccccc1OC)NCC1(C)CCCCC1O. The Kier molecular flexibility index (Phi) is 6.91. The van der Waals surface area contributed by atoms with Crippen LogP contribution in [0.4, 0.5) is 0 Å². The molecule has 1 saturated carbocycles. The minimum Gasteiger partial charge on any atom is -0.496 e. The highest BCUT2D eigenvalue weighted by Crippen LogP contribution is 2.35. The fourth-order valence-electron chi connectivity index (χ4n) is 3.21. The molecule has 0 aliphatic heterocycles. The molecule has 1 aromatic rings. The zero-order valence-corrected chi connectivity index (χ0v) is 15.1. The van der Waals surface area contributed by atoms with E-state index in [1.54, 1.807) is 7.11 Å². The first-order chi connectivity index (χ1) is 11.6. The van der Waals surface area contributed by atoms with Gasteiger partial charge in [-0.05, 0) is 25.8 Å². The van der Waals surface area contributed by atoms with Gasteiger partial charge >= 0.3 is 0 Å². The molecule has 0 bridgehead atoms. The molecule has 1 fully saturated rings. The summed E-state index contributed by atoms with van der Waals surface area (Å²) >= 11 is 0. The van der Waals surface area contributed by atoms with Gasteiger partial charge in [0.1, 0.15) is 5.75 Å². The Morgan fingerprint density at radius 1 is 1.33 bits per heavy atom. The van der Waals surface area contributed by atoms with Crippen LogP contribution in [0.25, 0.3) is 0 Å². The molecule has 0 aromatic heterocycles. The van der Waals surface area contributed by atoms with Crippen LogP contribution < -0.4 is 15.4 Å². The Balaban J connectivity index is 2.00. The summed E-state index contributed by atoms with van der Waals surface area (Å²) in [5.41, 5.74) is 0.972. The monoisotopic (exact) mass is 333 g/mol. The molecule has 0 radical (unpaired) electrons. The molecule has 0 saturated heterocycles. The molecule has 1 aromatic carbocycles. The number of rotatable bonds is 6. The first-order valence-electron chi connectivity index (χ1n) is 8.91. The Hall–Kier alpha value is -1.75. The second kappa shape index (κ2) is 8.92. The summed E-state index contributed by atoms with van der Waals surface area (Å²) in [7, 11) is 1.68. The number of hydrogen-bond acceptors (Lipinski definition) is 3. The van der Waals surface area contributed by atoms with Crippen LogP contribution in [0.5, 0.6) is 5.75 Å². The quantitative estimate of drug-likeness (QED) is 0.553. The lowest BCUT2D eigenvalue weighted by Gasteiger charge is -2.38. The van der Waals surface area contributed by atoms with E-state index in [4.69, 9.17) is 4.74 Å². The summed E-state index contributed by atoms with van der Waals surface area (Å²) in [6.07, 6.45) is 4.01. The summed E-state index contributed by atoms with van der Waals surface area (Å²) in [6.45, 7) is 6.30. The molecule has 2 atom stereocenters. The summed E-state index contributed by atoms with van der Waals surface area (Å²) in [5.74, 6) is 1.63. The number of nitrogens with one attached hydrogen (secondary N) is 2. The number of guanidine groups is 1. The van der Waals surface area contributed by atoms with Crippen LogP contribution in [0.15, 0.2) is 29.3 Å². The average molecular weight is 333 g/mol. The third kappa shape index (κ3) is 4.87. The largest absolute Gasteiger partial charge is 0.496 e. The molecular weight excluding hydrogens is 302 g/mol. The predicted molar refractivity (Wildman–Crippen MR) is 98.4 cm³/mol. The average Bonchev–Trinajstić information content (AvgIpc) is 2.60. The number of aliphatic hydroxyl groups is 1. The van der Waals surface area contributed by atoms with Crippen molar-refractivity contribution in [1.29, 1.82) is 0 Å². The van der Waals surface area contributed by atoms with E-state index < -0.39 is 0 Å². The van der Waals surface area contributed by atoms with Crippen molar-refractivity contribution in [3.63, 3.8) is 0 Å². The highest BCUT2D eigenvalue weighted by atomic mass is 16.5. The van der Waals surface area contributed by atoms with Crippen molar-refractivity contribution in [2.24, 2.45) is 10.4 Å². The van der Waals surface area contributed by atoms with E-state index >= 15 is 0 Å². The van der Waals surface area contributed by atoms with Crippen molar-refractivity contribution in [3.05, 3.63) is 29.8 Å². The number of para-hydroxylation sites is 1. The molecule has 0 amide bonds. The predicted octanol–water partition coefficient (Wildman–Crippen LogP) is 2.69. The second-order valence-corrected chi connectivity index (χ2v) is 6.78. The van der Waals surface area contributed by atoms with E-state index in [0.29, 0.717) is 6.54 Å². The van der Waals surface area contributed by atoms with E-state index in [0.717, 1.165) is 49.6 Å². The number of aliphatic hydroxyl groups excluding tert-OH is 1. The zero-order valence-electron chi connectivity index (χ0n) is 15.1. The number of aliphatic imine (C=N–C) groups is 1. The van der Waals surface area contributed by atoms with Gasteiger partial charge in [-0.2, -0.15) is 0 Å². The van der Waals surface area contributed by atoms with Crippen LogP contribution in [0.1, 0.15) is 45.1 Å². The summed E-state index contributed by atoms with van der Waals surface area (Å²) in [4.78, 5) is 4.67. The molecule has 1 aliphatic rings. The Labute approximate surface area is 145 Å². The van der Waals surface area contributed by atoms with Crippen molar-refractivity contribution in [2.75, 3.05) is 20.2 Å². The number of ether oxygens (including phenoxy) is 1. The second-order valence-electron chi connectivity index (χ2n) is 6.78. The van der Waals surface area contributed by atoms with Crippen molar-refractivity contribution < 1.29 is 9.84 Å². The maximum Gasteiger partial charge on any atom is 0.191 e. The molecule has 2 rings (SSSR count). The molecule has 0 heterocycles. The maximum atomic E-state index is 10.3. The standard InChI is InChI=1S/C19H31N3O2/c1-4-20-18(21-13-15-9-5-6-10-16(15)24-3)22-14-19(2)12-8-7-11-17(19)23/h5-6,9-10,17,23H,4,7-8,11-14H2,1-3H3,(H2,20,21,22). The molecule has 134 valence electrons. The van der Waals surface area contributed by atoms with Gasteiger partial charge in [-0.15, -0.1) is 0 Å². The summed E-state index contributed by atoms with van der Waals surface area (Å²) in [5, 5.41) is 17.0. The van der Waals surface area contributed by atoms with Crippen LogP contribution in [0.3, 0.4) is 0 Å². The van der Waals surface area contributed by atoms with Crippen molar-refractivity contribution in [3.8, 4) is 5.75 Å². The van der Waals surface area contributed by atoms with Gasteiger partial charge in [0.15, 0.2) is 5.96 Å². The molecule has 2 unspecified atom stereocenters. The lowest BCUT2D eigenvalue weighted by Crippen LogP contribution is -2.48. The van der Waals surface area contributed by atoms with E-state index in [2.05, 4.69) is 29.5 Å². The highest BCUT2D eigenvalue weighted by molar-refractivity contribution is 5.79. The minimum atomic E-state index is -0.240. The summed E-state index contributed by atoms with van der Waals surface area (Å²) in [6, 6.07) is 7.93. The number of methoxy groups -OCH3 is 1. The van der Waals surface area contributed by atoms with Gasteiger partial charge in [0, 0.05) is 24.1 Å². The van der Waals surface area contributed by atoms with Gasteiger partial charge in [-0.1, -0.05) is 38.0 Å². The molecular formula is C19H31N3O2. The first kappa shape index (κ1) is 18.6. The van der Waals surface area contributed by atoms with Gasteiger partial charge in [-0.3, -0.25) is 0 Å². The minimum absolute atomic E-state index is 0.0844. The molecule has 3 N–H and O–H groups in total. The lowest BCUT2D eigenvalue weighted by atomic mass is 9.73. The first-order valence-corrected chi connectivity index (χ1v) is 8.91. The molecule has 5 nitrogen and oxygen atoms in total. The fraction of sp³-hybridized carbons (Fsp3) is 0.632. The molecule has 0 spiro atoms. The topological polar surface area (TPSA) is 65.9 Å². The van der Waals surface area contributed by atoms with Crippen LogP contribution in [0, 0.1) is 5.41 Å².